The minimum absolute atomic E-state index is 0.0295. The molecular weight excluding hydrogens is 485 g/mol. The van der Waals surface area contributed by atoms with Crippen molar-refractivity contribution in [1.29, 1.82) is 0 Å². The van der Waals surface area contributed by atoms with E-state index >= 15 is 0 Å². The zero-order chi connectivity index (χ0) is 26.3. The van der Waals surface area contributed by atoms with Crippen LogP contribution in [0, 0.1) is 5.92 Å². The standard InChI is InChI=1S/C24H44O7Si3/c1-18(2)17-21(34(12,30-32(6,7)8)31-33(9,10)11)29-24(25)23(28-5)22(27-4)19-15-13-14-16-20(19)26-3/h13-16,18,21H,17H2,1-12H3. The first-order valence-electron chi connectivity index (χ1n) is 11.6. The van der Waals surface area contributed by atoms with E-state index in [0.29, 0.717) is 17.7 Å². The number of hydrogen-bond acceptors (Lipinski definition) is 7. The van der Waals surface area contributed by atoms with E-state index in [1.807, 2.05) is 18.7 Å². The highest BCUT2D eigenvalue weighted by molar-refractivity contribution is 6.88. The summed E-state index contributed by atoms with van der Waals surface area (Å²) >= 11 is 0. The fraction of sp³-hybridized carbons (Fsp3) is 0.625. The maximum absolute atomic E-state index is 13.5. The Morgan fingerprint density at radius 1 is 0.853 bits per heavy atom. The number of para-hydroxylation sites is 1. The van der Waals surface area contributed by atoms with Gasteiger partial charge in [-0.05, 0) is 70.3 Å². The van der Waals surface area contributed by atoms with Gasteiger partial charge in [0, 0.05) is 0 Å². The second-order valence-electron chi connectivity index (χ2n) is 10.7. The normalized spacial score (nSPS) is 14.4. The number of ether oxygens (including phenoxy) is 4. The van der Waals surface area contributed by atoms with Crippen molar-refractivity contribution in [2.24, 2.45) is 5.92 Å². The van der Waals surface area contributed by atoms with Gasteiger partial charge in [-0.1, -0.05) is 26.0 Å². The minimum atomic E-state index is -2.94. The van der Waals surface area contributed by atoms with Gasteiger partial charge < -0.3 is 27.2 Å². The number of carbonyl (C=O) groups excluding carboxylic acids is 1. The molecule has 0 fully saturated rings. The van der Waals surface area contributed by atoms with Gasteiger partial charge in [-0.2, -0.15) is 0 Å². The van der Waals surface area contributed by atoms with Gasteiger partial charge in [0.25, 0.3) is 0 Å². The summed E-state index contributed by atoms with van der Waals surface area (Å²) in [6, 6.07) is 7.28. The smallest absolute Gasteiger partial charge is 0.377 e. The second-order valence-corrected chi connectivity index (χ2v) is 23.5. The van der Waals surface area contributed by atoms with Crippen LogP contribution in [-0.2, 0) is 27.2 Å². The van der Waals surface area contributed by atoms with Crippen LogP contribution in [0.1, 0.15) is 25.8 Å². The molecule has 0 aliphatic heterocycles. The lowest BCUT2D eigenvalue weighted by Crippen LogP contribution is -2.61. The molecule has 0 heterocycles. The van der Waals surface area contributed by atoms with E-state index in [4.69, 9.17) is 27.2 Å². The first kappa shape index (κ1) is 30.4. The lowest BCUT2D eigenvalue weighted by molar-refractivity contribution is -0.146. The van der Waals surface area contributed by atoms with Gasteiger partial charge in [-0.3, -0.25) is 0 Å². The fourth-order valence-corrected chi connectivity index (χ4v) is 16.3. The summed E-state index contributed by atoms with van der Waals surface area (Å²) in [6.07, 6.45) is 0.622. The molecule has 0 amide bonds. The lowest BCUT2D eigenvalue weighted by Gasteiger charge is -2.42. The minimum Gasteiger partial charge on any atom is -0.496 e. The van der Waals surface area contributed by atoms with Crippen LogP contribution < -0.4 is 4.74 Å². The number of carbonyl (C=O) groups is 1. The predicted octanol–water partition coefficient (Wildman–Crippen LogP) is 5.93. The maximum atomic E-state index is 13.5. The van der Waals surface area contributed by atoms with Crippen molar-refractivity contribution < 1.29 is 32.0 Å². The fourth-order valence-electron chi connectivity index (χ4n) is 3.77. The van der Waals surface area contributed by atoms with Crippen molar-refractivity contribution in [2.45, 2.75) is 71.8 Å². The van der Waals surface area contributed by atoms with E-state index in [1.54, 1.807) is 19.2 Å². The number of rotatable bonds is 13. The molecule has 0 aromatic heterocycles. The zero-order valence-corrected chi connectivity index (χ0v) is 26.0. The highest BCUT2D eigenvalue weighted by Gasteiger charge is 2.50. The Hall–Kier alpha value is -1.60. The van der Waals surface area contributed by atoms with E-state index in [1.165, 1.54) is 14.2 Å². The molecule has 0 bridgehead atoms. The molecule has 0 saturated heterocycles. The van der Waals surface area contributed by atoms with Crippen LogP contribution >= 0.6 is 0 Å². The molecule has 1 atom stereocenters. The van der Waals surface area contributed by atoms with Crippen LogP contribution in [0.2, 0.25) is 45.8 Å². The molecule has 0 spiro atoms. The Morgan fingerprint density at radius 3 is 1.79 bits per heavy atom. The molecule has 0 N–H and O–H groups in total. The Morgan fingerprint density at radius 2 is 1.38 bits per heavy atom. The van der Waals surface area contributed by atoms with Gasteiger partial charge >= 0.3 is 14.5 Å². The summed E-state index contributed by atoms with van der Waals surface area (Å²) < 4.78 is 36.1. The number of esters is 1. The number of benzene rings is 1. The molecule has 1 aromatic carbocycles. The number of hydrogen-bond donors (Lipinski definition) is 0. The molecule has 0 saturated carbocycles. The topological polar surface area (TPSA) is 72.5 Å². The molecule has 1 rings (SSSR count). The Bertz CT molecular complexity index is 826. The summed E-state index contributed by atoms with van der Waals surface area (Å²) in [6.45, 7) is 19.0. The van der Waals surface area contributed by atoms with Crippen LogP contribution in [0.25, 0.3) is 5.76 Å². The highest BCUT2D eigenvalue weighted by atomic mass is 28.5. The van der Waals surface area contributed by atoms with E-state index < -0.39 is 36.9 Å². The largest absolute Gasteiger partial charge is 0.496 e. The van der Waals surface area contributed by atoms with Crippen LogP contribution in [-0.4, -0.2) is 58.2 Å². The average molecular weight is 529 g/mol. The Labute approximate surface area is 209 Å². The van der Waals surface area contributed by atoms with E-state index in [0.717, 1.165) is 0 Å². The summed E-state index contributed by atoms with van der Waals surface area (Å²) in [5.74, 6) is 0.426. The average Bonchev–Trinajstić information content (AvgIpc) is 2.68. The molecular formula is C24H44O7Si3. The van der Waals surface area contributed by atoms with Crippen molar-refractivity contribution in [1.82, 2.24) is 0 Å². The first-order valence-corrected chi connectivity index (χ1v) is 20.8. The lowest BCUT2D eigenvalue weighted by atomic mass is 10.1. The Balaban J connectivity index is 3.53. The van der Waals surface area contributed by atoms with E-state index in [9.17, 15) is 4.79 Å². The van der Waals surface area contributed by atoms with Crippen molar-refractivity contribution in [2.75, 3.05) is 21.3 Å². The molecule has 194 valence electrons. The van der Waals surface area contributed by atoms with Gasteiger partial charge in [0.05, 0.1) is 26.9 Å². The highest BCUT2D eigenvalue weighted by Crippen LogP contribution is 2.32. The summed E-state index contributed by atoms with van der Waals surface area (Å²) in [4.78, 5) is 13.5. The zero-order valence-electron chi connectivity index (χ0n) is 23.0. The second kappa shape index (κ2) is 12.4. The molecule has 0 aliphatic carbocycles. The van der Waals surface area contributed by atoms with Crippen molar-refractivity contribution in [3.05, 3.63) is 35.6 Å². The summed E-state index contributed by atoms with van der Waals surface area (Å²) in [5.41, 5.74) is 0.0813. The molecule has 34 heavy (non-hydrogen) atoms. The van der Waals surface area contributed by atoms with Crippen LogP contribution in [0.4, 0.5) is 0 Å². The molecule has 0 radical (unpaired) electrons. The van der Waals surface area contributed by atoms with Gasteiger partial charge in [0.1, 0.15) is 11.5 Å². The monoisotopic (exact) mass is 528 g/mol. The molecule has 7 nitrogen and oxygen atoms in total. The van der Waals surface area contributed by atoms with Crippen LogP contribution in [0.3, 0.4) is 0 Å². The van der Waals surface area contributed by atoms with Crippen LogP contribution in [0.15, 0.2) is 30.0 Å². The van der Waals surface area contributed by atoms with Gasteiger partial charge in [-0.15, -0.1) is 0 Å². The predicted molar refractivity (Wildman–Crippen MR) is 144 cm³/mol. The third-order valence-electron chi connectivity index (χ3n) is 4.69. The van der Waals surface area contributed by atoms with Crippen molar-refractivity contribution in [3.63, 3.8) is 0 Å². The van der Waals surface area contributed by atoms with Gasteiger partial charge in [0.15, 0.2) is 22.4 Å². The maximum Gasteiger partial charge on any atom is 0.377 e. The third-order valence-corrected chi connectivity index (χ3v) is 14.4. The molecule has 10 heteroatoms. The van der Waals surface area contributed by atoms with Crippen molar-refractivity contribution in [3.8, 4) is 5.75 Å². The van der Waals surface area contributed by atoms with Gasteiger partial charge in [0.2, 0.25) is 5.76 Å². The van der Waals surface area contributed by atoms with Crippen LogP contribution in [0.5, 0.6) is 5.75 Å². The number of methoxy groups -OCH3 is 3. The third kappa shape index (κ3) is 9.22. The van der Waals surface area contributed by atoms with E-state index in [-0.39, 0.29) is 17.4 Å². The molecule has 0 aliphatic rings. The van der Waals surface area contributed by atoms with Gasteiger partial charge in [-0.25, -0.2) is 4.79 Å². The molecule has 1 aromatic rings. The quantitative estimate of drug-likeness (QED) is 0.136. The van der Waals surface area contributed by atoms with Crippen molar-refractivity contribution >= 4 is 36.9 Å². The van der Waals surface area contributed by atoms with E-state index in [2.05, 4.69) is 53.1 Å². The summed E-state index contributed by atoms with van der Waals surface area (Å²) in [5, 5.41) is 0. The summed E-state index contributed by atoms with van der Waals surface area (Å²) in [7, 11) is -2.47. The SMILES string of the molecule is COC(C(=O)OC(CC(C)C)[Si](C)(O[Si](C)(C)C)O[Si](C)(C)C)=C(OC)c1ccccc1OC. The first-order chi connectivity index (χ1) is 15.6. The Kier molecular flexibility index (Phi) is 11.1. The molecule has 1 unspecified atom stereocenters.